The average molecular weight is 419 g/mol. The van der Waals surface area contributed by atoms with Gasteiger partial charge in [0.05, 0.1) is 5.69 Å². The van der Waals surface area contributed by atoms with Crippen molar-refractivity contribution in [3.05, 3.63) is 65.0 Å². The number of amides is 1. The van der Waals surface area contributed by atoms with Crippen molar-refractivity contribution in [3.63, 3.8) is 0 Å². The molecule has 0 unspecified atom stereocenters. The van der Waals surface area contributed by atoms with Crippen LogP contribution in [0.5, 0.6) is 0 Å². The maximum atomic E-state index is 12.4. The number of carbonyl (C=O) groups excluding carboxylic acids is 2. The Bertz CT molecular complexity index is 1290. The molecule has 4 rings (SSSR count). The summed E-state index contributed by atoms with van der Waals surface area (Å²) >= 11 is 0. The molecule has 0 saturated heterocycles. The van der Waals surface area contributed by atoms with Gasteiger partial charge in [-0.15, -0.1) is 0 Å². The van der Waals surface area contributed by atoms with Crippen LogP contribution in [0.3, 0.4) is 0 Å². The van der Waals surface area contributed by atoms with Gasteiger partial charge in [0.25, 0.3) is 11.9 Å². The number of esters is 1. The predicted octanol–water partition coefficient (Wildman–Crippen LogP) is 2.34. The van der Waals surface area contributed by atoms with Crippen molar-refractivity contribution in [2.45, 2.75) is 27.7 Å². The van der Waals surface area contributed by atoms with E-state index >= 15 is 0 Å². The number of pyridine rings is 1. The normalized spacial score (nSPS) is 11.0. The number of aromatic nitrogens is 6. The molecular weight excluding hydrogens is 398 g/mol. The van der Waals surface area contributed by atoms with Gasteiger partial charge in [-0.1, -0.05) is 6.07 Å². The van der Waals surface area contributed by atoms with Gasteiger partial charge in [-0.05, 0) is 45.9 Å². The highest BCUT2D eigenvalue weighted by molar-refractivity contribution is 5.94. The zero-order valence-corrected chi connectivity index (χ0v) is 17.6. The maximum Gasteiger partial charge on any atom is 0.359 e. The highest BCUT2D eigenvalue weighted by Crippen LogP contribution is 2.15. The van der Waals surface area contributed by atoms with Crippen LogP contribution in [-0.2, 0) is 9.53 Å². The summed E-state index contributed by atoms with van der Waals surface area (Å²) in [4.78, 5) is 37.7. The lowest BCUT2D eigenvalue weighted by Gasteiger charge is -2.09. The number of aryl methyl sites for hydroxylation is 4. The lowest BCUT2D eigenvalue weighted by Crippen LogP contribution is -2.23. The van der Waals surface area contributed by atoms with Crippen LogP contribution in [0.25, 0.3) is 11.6 Å². The molecule has 0 bridgehead atoms. The molecule has 0 atom stereocenters. The molecule has 1 amide bonds. The number of imidazole rings is 1. The monoisotopic (exact) mass is 419 g/mol. The van der Waals surface area contributed by atoms with Gasteiger partial charge in [-0.3, -0.25) is 4.79 Å². The number of hydrogen-bond acceptors (Lipinski definition) is 7. The molecule has 0 aliphatic rings. The molecule has 0 aliphatic carbocycles. The van der Waals surface area contributed by atoms with Crippen LogP contribution in [0, 0.1) is 27.7 Å². The molecule has 4 aromatic rings. The number of ether oxygens (including phenoxy) is 1. The van der Waals surface area contributed by atoms with Crippen molar-refractivity contribution in [2.75, 3.05) is 11.9 Å². The van der Waals surface area contributed by atoms with E-state index in [1.165, 1.54) is 4.68 Å². The topological polar surface area (TPSA) is 116 Å². The number of carbonyl (C=O) groups is 2. The molecule has 0 spiro atoms. The first kappa shape index (κ1) is 20.2. The second-order valence-electron chi connectivity index (χ2n) is 7.18. The van der Waals surface area contributed by atoms with Crippen LogP contribution in [0.4, 0.5) is 5.82 Å². The number of nitrogens with one attached hydrogen (secondary N) is 1. The number of rotatable bonds is 5. The van der Waals surface area contributed by atoms with Gasteiger partial charge >= 0.3 is 5.97 Å². The summed E-state index contributed by atoms with van der Waals surface area (Å²) < 4.78 is 8.36. The molecular formula is C21H21N7O3. The van der Waals surface area contributed by atoms with Crippen molar-refractivity contribution in [1.29, 1.82) is 0 Å². The molecule has 158 valence electrons. The van der Waals surface area contributed by atoms with Gasteiger partial charge in [0.15, 0.2) is 12.3 Å². The average Bonchev–Trinajstić information content (AvgIpc) is 3.30. The fourth-order valence-corrected chi connectivity index (χ4v) is 3.17. The first-order valence-corrected chi connectivity index (χ1v) is 9.61. The summed E-state index contributed by atoms with van der Waals surface area (Å²) in [5, 5.41) is 7.04. The molecule has 4 heterocycles. The number of nitrogens with zero attached hydrogens (tertiary/aromatic N) is 6. The molecule has 0 aromatic carbocycles. The summed E-state index contributed by atoms with van der Waals surface area (Å²) in [5.74, 6) is -0.468. The Hall–Kier alpha value is -4.08. The van der Waals surface area contributed by atoms with E-state index in [9.17, 15) is 9.59 Å². The Balaban J connectivity index is 1.45. The Labute approximate surface area is 177 Å². The van der Waals surface area contributed by atoms with Crippen molar-refractivity contribution < 1.29 is 14.3 Å². The minimum absolute atomic E-state index is 0.131. The first-order chi connectivity index (χ1) is 14.8. The fraction of sp³-hybridized carbons (Fsp3) is 0.238. The summed E-state index contributed by atoms with van der Waals surface area (Å²) in [6.45, 7) is 6.94. The lowest BCUT2D eigenvalue weighted by atomic mass is 10.4. The van der Waals surface area contributed by atoms with E-state index in [4.69, 9.17) is 4.74 Å². The summed E-state index contributed by atoms with van der Waals surface area (Å²) in [5.41, 5.74) is 3.93. The van der Waals surface area contributed by atoms with Crippen LogP contribution in [0.1, 0.15) is 33.3 Å². The van der Waals surface area contributed by atoms with E-state index in [-0.39, 0.29) is 5.69 Å². The van der Waals surface area contributed by atoms with E-state index in [2.05, 4.69) is 25.4 Å². The summed E-state index contributed by atoms with van der Waals surface area (Å²) in [7, 11) is 0. The van der Waals surface area contributed by atoms with Gasteiger partial charge < -0.3 is 14.5 Å². The van der Waals surface area contributed by atoms with Crippen molar-refractivity contribution in [3.8, 4) is 5.95 Å². The Morgan fingerprint density at radius 2 is 1.74 bits per heavy atom. The molecule has 1 N–H and O–H groups in total. The highest BCUT2D eigenvalue weighted by Gasteiger charge is 2.17. The Morgan fingerprint density at radius 3 is 2.45 bits per heavy atom. The minimum Gasteiger partial charge on any atom is -0.451 e. The molecule has 0 fully saturated rings. The largest absolute Gasteiger partial charge is 0.451 e. The fourth-order valence-electron chi connectivity index (χ4n) is 3.17. The van der Waals surface area contributed by atoms with Crippen molar-refractivity contribution >= 4 is 23.3 Å². The molecule has 10 nitrogen and oxygen atoms in total. The molecule has 4 aromatic heterocycles. The van der Waals surface area contributed by atoms with Crippen LogP contribution in [0.15, 0.2) is 36.5 Å². The Morgan fingerprint density at radius 1 is 1.00 bits per heavy atom. The van der Waals surface area contributed by atoms with E-state index in [0.717, 1.165) is 17.1 Å². The number of hydrogen-bond donors (Lipinski definition) is 1. The predicted molar refractivity (Wildman–Crippen MR) is 112 cm³/mol. The van der Waals surface area contributed by atoms with Crippen LogP contribution in [0.2, 0.25) is 0 Å². The third-order valence-corrected chi connectivity index (χ3v) is 4.50. The van der Waals surface area contributed by atoms with Crippen LogP contribution in [-0.4, -0.2) is 47.6 Å². The third kappa shape index (κ3) is 4.27. The number of anilines is 1. The highest BCUT2D eigenvalue weighted by atomic mass is 16.5. The molecule has 0 radical (unpaired) electrons. The van der Waals surface area contributed by atoms with Gasteiger partial charge in [-0.2, -0.15) is 9.78 Å². The first-order valence-electron chi connectivity index (χ1n) is 9.61. The quantitative estimate of drug-likeness (QED) is 0.494. The summed E-state index contributed by atoms with van der Waals surface area (Å²) in [6.07, 6.45) is 1.58. The standard InChI is InChI=1S/C21H21N7O3/c1-12-8-13(2)23-21(22-12)28-18(9-14(3)26-28)25-19(29)11-31-20(30)16-10-27-15(4)6-5-7-17(27)24-16/h5-10H,11H2,1-4H3,(H,25,29). The lowest BCUT2D eigenvalue weighted by molar-refractivity contribution is -0.119. The molecule has 10 heteroatoms. The number of fused-ring (bicyclic) bond motifs is 1. The Kier molecular flexibility index (Phi) is 5.20. The molecule has 0 aliphatic heterocycles. The molecule has 0 saturated carbocycles. The zero-order valence-electron chi connectivity index (χ0n) is 17.6. The van der Waals surface area contributed by atoms with Crippen LogP contribution >= 0.6 is 0 Å². The second-order valence-corrected chi connectivity index (χ2v) is 7.18. The van der Waals surface area contributed by atoms with Crippen molar-refractivity contribution in [1.82, 2.24) is 29.1 Å². The third-order valence-electron chi connectivity index (χ3n) is 4.50. The smallest absolute Gasteiger partial charge is 0.359 e. The maximum absolute atomic E-state index is 12.4. The van der Waals surface area contributed by atoms with E-state index in [1.54, 1.807) is 29.7 Å². The van der Waals surface area contributed by atoms with Gasteiger partial charge in [0, 0.05) is 29.3 Å². The van der Waals surface area contributed by atoms with Gasteiger partial charge in [0.2, 0.25) is 0 Å². The van der Waals surface area contributed by atoms with E-state index < -0.39 is 18.5 Å². The van der Waals surface area contributed by atoms with Gasteiger partial charge in [0.1, 0.15) is 11.5 Å². The SMILES string of the molecule is Cc1cc(C)nc(-n2nc(C)cc2NC(=O)COC(=O)c2cn3c(C)cccc3n2)n1. The molecule has 31 heavy (non-hydrogen) atoms. The van der Waals surface area contributed by atoms with Crippen LogP contribution < -0.4 is 5.32 Å². The zero-order chi connectivity index (χ0) is 22.1. The minimum atomic E-state index is -0.680. The van der Waals surface area contributed by atoms with E-state index in [0.29, 0.717) is 23.1 Å². The summed E-state index contributed by atoms with van der Waals surface area (Å²) in [6, 6.07) is 9.08. The second kappa shape index (κ2) is 7.98. The van der Waals surface area contributed by atoms with Crippen molar-refractivity contribution in [2.24, 2.45) is 0 Å². The van der Waals surface area contributed by atoms with Gasteiger partial charge in [-0.25, -0.2) is 19.7 Å². The van der Waals surface area contributed by atoms with E-state index in [1.807, 2.05) is 39.0 Å².